The molecule has 5 heteroatoms. The molecule has 1 aromatic rings. The number of carboxylic acid groups (broad SMARTS) is 1. The SMILES string of the molecule is C=CC[C@@H]1N(Cc2ccccc2)C(=O)[C@@H]2[C@H](C(=O)O)[C@H]3C=C[C@]21O3. The number of amides is 1. The van der Waals surface area contributed by atoms with Gasteiger partial charge >= 0.3 is 5.97 Å². The Morgan fingerprint density at radius 3 is 2.79 bits per heavy atom. The van der Waals surface area contributed by atoms with Gasteiger partial charge in [0.05, 0.1) is 18.1 Å². The van der Waals surface area contributed by atoms with Crippen LogP contribution in [0.3, 0.4) is 0 Å². The predicted molar refractivity (Wildman–Crippen MR) is 87.0 cm³/mol. The fraction of sp³-hybridized carbons (Fsp3) is 0.368. The molecule has 2 saturated heterocycles. The molecular weight excluding hydrogens is 306 g/mol. The fourth-order valence-corrected chi connectivity index (χ4v) is 4.44. The molecule has 3 aliphatic heterocycles. The zero-order valence-corrected chi connectivity index (χ0v) is 13.2. The Labute approximate surface area is 140 Å². The number of rotatable bonds is 5. The smallest absolute Gasteiger partial charge is 0.310 e. The number of carboxylic acids is 1. The largest absolute Gasteiger partial charge is 0.481 e. The Morgan fingerprint density at radius 2 is 2.12 bits per heavy atom. The van der Waals surface area contributed by atoms with Crippen molar-refractivity contribution in [3.8, 4) is 0 Å². The molecule has 0 aliphatic carbocycles. The van der Waals surface area contributed by atoms with Crippen LogP contribution in [0.5, 0.6) is 0 Å². The van der Waals surface area contributed by atoms with Gasteiger partial charge < -0.3 is 14.7 Å². The second-order valence-electron chi connectivity index (χ2n) is 6.63. The van der Waals surface area contributed by atoms with Crippen molar-refractivity contribution in [2.75, 3.05) is 0 Å². The Morgan fingerprint density at radius 1 is 1.38 bits per heavy atom. The molecular formula is C19H19NO4. The summed E-state index contributed by atoms with van der Waals surface area (Å²) in [4.78, 5) is 26.6. The van der Waals surface area contributed by atoms with Crippen molar-refractivity contribution in [1.29, 1.82) is 0 Å². The molecule has 2 bridgehead atoms. The zero-order valence-electron chi connectivity index (χ0n) is 13.2. The zero-order chi connectivity index (χ0) is 16.9. The van der Waals surface area contributed by atoms with Gasteiger partial charge in [-0.3, -0.25) is 9.59 Å². The summed E-state index contributed by atoms with van der Waals surface area (Å²) in [6, 6.07) is 9.50. The number of carbonyl (C=O) groups excluding carboxylic acids is 1. The van der Waals surface area contributed by atoms with Gasteiger partial charge in [-0.15, -0.1) is 6.58 Å². The van der Waals surface area contributed by atoms with E-state index in [0.717, 1.165) is 5.56 Å². The molecule has 0 radical (unpaired) electrons. The highest BCUT2D eigenvalue weighted by Crippen LogP contribution is 2.55. The maximum absolute atomic E-state index is 13.1. The van der Waals surface area contributed by atoms with Crippen LogP contribution in [0.25, 0.3) is 0 Å². The predicted octanol–water partition coefficient (Wildman–Crippen LogP) is 2.00. The van der Waals surface area contributed by atoms with Crippen LogP contribution < -0.4 is 0 Å². The molecule has 5 nitrogen and oxygen atoms in total. The number of benzene rings is 1. The maximum Gasteiger partial charge on any atom is 0.310 e. The second-order valence-corrected chi connectivity index (χ2v) is 6.63. The average Bonchev–Trinajstić information content (AvgIpc) is 3.20. The molecule has 1 spiro atoms. The number of aliphatic carboxylic acids is 1. The summed E-state index contributed by atoms with van der Waals surface area (Å²) in [6.07, 6.45) is 5.52. The van der Waals surface area contributed by atoms with Crippen LogP contribution in [0.2, 0.25) is 0 Å². The number of fused-ring (bicyclic) bond motifs is 1. The summed E-state index contributed by atoms with van der Waals surface area (Å²) in [7, 11) is 0. The van der Waals surface area contributed by atoms with Crippen LogP contribution >= 0.6 is 0 Å². The van der Waals surface area contributed by atoms with Gasteiger partial charge in [0.1, 0.15) is 11.5 Å². The van der Waals surface area contributed by atoms with Gasteiger partial charge in [-0.25, -0.2) is 0 Å². The standard InChI is InChI=1S/C19H19NO4/c1-2-6-14-19-10-9-13(24-19)15(18(22)23)16(19)17(21)20(14)11-12-7-4-3-5-8-12/h2-5,7-10,13-16H,1,6,11H2,(H,22,23)/t13-,14+,15-,16+,19-/m1/s1. The molecule has 3 aliphatic rings. The van der Waals surface area contributed by atoms with E-state index >= 15 is 0 Å². The third-order valence-corrected chi connectivity index (χ3v) is 5.40. The first-order chi connectivity index (χ1) is 11.6. The highest BCUT2D eigenvalue weighted by Gasteiger charge is 2.70. The molecule has 3 heterocycles. The summed E-state index contributed by atoms with van der Waals surface area (Å²) < 4.78 is 6.06. The number of hydrogen-bond acceptors (Lipinski definition) is 3. The van der Waals surface area contributed by atoms with Crippen molar-refractivity contribution in [3.63, 3.8) is 0 Å². The minimum atomic E-state index is -0.969. The van der Waals surface area contributed by atoms with Gasteiger partial charge in [-0.05, 0) is 12.0 Å². The molecule has 0 saturated carbocycles. The average molecular weight is 325 g/mol. The van der Waals surface area contributed by atoms with E-state index in [1.807, 2.05) is 36.4 Å². The van der Waals surface area contributed by atoms with E-state index in [1.165, 1.54) is 0 Å². The highest BCUT2D eigenvalue weighted by atomic mass is 16.5. The minimum absolute atomic E-state index is 0.134. The van der Waals surface area contributed by atoms with Gasteiger partial charge in [0.15, 0.2) is 0 Å². The summed E-state index contributed by atoms with van der Waals surface area (Å²) >= 11 is 0. The van der Waals surface area contributed by atoms with Crippen molar-refractivity contribution >= 4 is 11.9 Å². The number of hydrogen-bond donors (Lipinski definition) is 1. The van der Waals surface area contributed by atoms with Crippen molar-refractivity contribution < 1.29 is 19.4 Å². The lowest BCUT2D eigenvalue weighted by atomic mass is 9.74. The molecule has 24 heavy (non-hydrogen) atoms. The van der Waals surface area contributed by atoms with Crippen LogP contribution in [0.15, 0.2) is 55.1 Å². The summed E-state index contributed by atoms with van der Waals surface area (Å²) in [5.74, 6) is -2.57. The van der Waals surface area contributed by atoms with Crippen LogP contribution in [0.4, 0.5) is 0 Å². The van der Waals surface area contributed by atoms with Crippen molar-refractivity contribution in [2.24, 2.45) is 11.8 Å². The molecule has 1 N–H and O–H groups in total. The van der Waals surface area contributed by atoms with Gasteiger partial charge in [-0.2, -0.15) is 0 Å². The Balaban J connectivity index is 1.73. The lowest BCUT2D eigenvalue weighted by Gasteiger charge is -2.32. The molecule has 2 fully saturated rings. The van der Waals surface area contributed by atoms with Gasteiger partial charge in [0.2, 0.25) is 5.91 Å². The second kappa shape index (κ2) is 5.31. The first-order valence-corrected chi connectivity index (χ1v) is 8.14. The number of ether oxygens (including phenoxy) is 1. The molecule has 0 aromatic heterocycles. The number of carbonyl (C=O) groups is 2. The molecule has 1 aromatic carbocycles. The molecule has 4 rings (SSSR count). The normalized spacial score (nSPS) is 36.2. The Kier molecular flexibility index (Phi) is 3.35. The lowest BCUT2D eigenvalue weighted by molar-refractivity contribution is -0.148. The minimum Gasteiger partial charge on any atom is -0.481 e. The van der Waals surface area contributed by atoms with E-state index in [0.29, 0.717) is 13.0 Å². The van der Waals surface area contributed by atoms with Crippen molar-refractivity contribution in [3.05, 3.63) is 60.7 Å². The molecule has 124 valence electrons. The Bertz CT molecular complexity index is 728. The lowest BCUT2D eigenvalue weighted by Crippen LogP contribution is -2.44. The maximum atomic E-state index is 13.1. The van der Waals surface area contributed by atoms with Crippen LogP contribution in [0, 0.1) is 11.8 Å². The molecule has 1 amide bonds. The van der Waals surface area contributed by atoms with E-state index in [4.69, 9.17) is 4.74 Å². The van der Waals surface area contributed by atoms with Gasteiger partial charge in [0, 0.05) is 6.54 Å². The Hall–Kier alpha value is -2.40. The highest BCUT2D eigenvalue weighted by molar-refractivity contribution is 5.91. The fourth-order valence-electron chi connectivity index (χ4n) is 4.44. The van der Waals surface area contributed by atoms with Crippen molar-refractivity contribution in [2.45, 2.75) is 30.7 Å². The summed E-state index contributed by atoms with van der Waals surface area (Å²) in [5.41, 5.74) is 0.176. The topological polar surface area (TPSA) is 66.8 Å². The quantitative estimate of drug-likeness (QED) is 0.841. The van der Waals surface area contributed by atoms with E-state index in [-0.39, 0.29) is 11.9 Å². The van der Waals surface area contributed by atoms with Crippen molar-refractivity contribution in [1.82, 2.24) is 4.90 Å². The first kappa shape index (κ1) is 15.1. The monoisotopic (exact) mass is 325 g/mol. The molecule has 5 atom stereocenters. The summed E-state index contributed by atoms with van der Waals surface area (Å²) in [6.45, 7) is 4.25. The van der Waals surface area contributed by atoms with Crippen LogP contribution in [0.1, 0.15) is 12.0 Å². The number of nitrogens with zero attached hydrogens (tertiary/aromatic N) is 1. The van der Waals surface area contributed by atoms with Crippen LogP contribution in [-0.2, 0) is 20.9 Å². The van der Waals surface area contributed by atoms with Gasteiger partial charge in [-0.1, -0.05) is 48.6 Å². The van der Waals surface area contributed by atoms with E-state index in [2.05, 4.69) is 6.58 Å². The third-order valence-electron chi connectivity index (χ3n) is 5.40. The summed E-state index contributed by atoms with van der Waals surface area (Å²) in [5, 5.41) is 9.58. The third kappa shape index (κ3) is 1.91. The van der Waals surface area contributed by atoms with E-state index in [9.17, 15) is 14.7 Å². The van der Waals surface area contributed by atoms with Crippen LogP contribution in [-0.4, -0.2) is 39.6 Å². The van der Waals surface area contributed by atoms with E-state index < -0.39 is 29.5 Å². The molecule has 0 unspecified atom stereocenters. The van der Waals surface area contributed by atoms with E-state index in [1.54, 1.807) is 17.1 Å². The first-order valence-electron chi connectivity index (χ1n) is 8.14. The number of likely N-dealkylation sites (tertiary alicyclic amines) is 1. The van der Waals surface area contributed by atoms with Gasteiger partial charge in [0.25, 0.3) is 0 Å².